The molecule has 0 saturated carbocycles. The molecule has 0 fully saturated rings. The highest BCUT2D eigenvalue weighted by Crippen LogP contribution is 2.32. The Morgan fingerprint density at radius 1 is 0.703 bits per heavy atom. The largest absolute Gasteiger partial charge is 0.416 e. The number of benzene rings is 2. The Balaban J connectivity index is 1.62. The summed E-state index contributed by atoms with van der Waals surface area (Å²) in [5, 5.41) is 9.11. The van der Waals surface area contributed by atoms with Crippen molar-refractivity contribution in [1.29, 1.82) is 0 Å². The first-order valence-corrected chi connectivity index (χ1v) is 12.0. The third-order valence-electron chi connectivity index (χ3n) is 5.10. The molecule has 0 bridgehead atoms. The minimum absolute atomic E-state index is 0.0914. The van der Waals surface area contributed by atoms with Crippen molar-refractivity contribution in [2.75, 3.05) is 62.0 Å². The van der Waals surface area contributed by atoms with Crippen LogP contribution in [0.3, 0.4) is 0 Å². The highest BCUT2D eigenvalue weighted by molar-refractivity contribution is 5.43. The summed E-state index contributed by atoms with van der Waals surface area (Å²) in [5.41, 5.74) is 5.90. The van der Waals surface area contributed by atoms with E-state index >= 15 is 0 Å². The number of anilines is 3. The summed E-state index contributed by atoms with van der Waals surface area (Å²) in [6.07, 6.45) is -3.71. The van der Waals surface area contributed by atoms with Crippen LogP contribution in [0.25, 0.3) is 0 Å². The average Bonchev–Trinajstić information content (AvgIpc) is 2.89. The molecule has 0 aliphatic heterocycles. The van der Waals surface area contributed by atoms with Gasteiger partial charge in [0.25, 0.3) is 0 Å². The lowest BCUT2D eigenvalue weighted by molar-refractivity contribution is -0.138. The van der Waals surface area contributed by atoms with Crippen LogP contribution in [-0.4, -0.2) is 61.0 Å². The van der Waals surface area contributed by atoms with Crippen LogP contribution in [0.1, 0.15) is 16.7 Å². The van der Waals surface area contributed by atoms with Crippen molar-refractivity contribution in [2.45, 2.75) is 19.1 Å². The summed E-state index contributed by atoms with van der Waals surface area (Å²) in [4.78, 5) is 13.0. The molecule has 0 saturated heterocycles. The molecule has 2 aromatic carbocycles. The minimum atomic E-state index is -4.45. The Morgan fingerprint density at radius 2 is 1.30 bits per heavy atom. The van der Waals surface area contributed by atoms with Gasteiger partial charge in [-0.15, -0.1) is 0 Å². The number of ether oxygens (including phenoxy) is 2. The topological polar surface area (TPSA) is 119 Å². The van der Waals surface area contributed by atoms with Gasteiger partial charge in [0.15, 0.2) is 0 Å². The second-order valence-electron chi connectivity index (χ2n) is 7.92. The molecule has 0 amide bonds. The first-order valence-electron chi connectivity index (χ1n) is 12.0. The number of hydrogen-bond donors (Lipinski definition) is 4. The number of rotatable bonds is 16. The molecular weight excluding hydrogens is 487 g/mol. The van der Waals surface area contributed by atoms with Crippen LogP contribution in [0, 0.1) is 0 Å². The molecule has 37 heavy (non-hydrogen) atoms. The van der Waals surface area contributed by atoms with E-state index in [1.165, 1.54) is 12.1 Å². The van der Waals surface area contributed by atoms with E-state index in [2.05, 4.69) is 30.9 Å². The molecule has 3 aromatic rings. The number of aromatic nitrogens is 3. The molecule has 1 aromatic heterocycles. The van der Waals surface area contributed by atoms with Crippen molar-refractivity contribution in [2.24, 2.45) is 5.73 Å². The van der Waals surface area contributed by atoms with Gasteiger partial charge < -0.3 is 31.2 Å². The van der Waals surface area contributed by atoms with E-state index < -0.39 is 11.7 Å². The van der Waals surface area contributed by atoms with Crippen LogP contribution in [-0.2, 0) is 28.6 Å². The third kappa shape index (κ3) is 10.2. The van der Waals surface area contributed by atoms with Gasteiger partial charge >= 0.3 is 6.18 Å². The monoisotopic (exact) mass is 519 g/mol. The second-order valence-corrected chi connectivity index (χ2v) is 7.92. The van der Waals surface area contributed by atoms with Gasteiger partial charge in [-0.3, -0.25) is 0 Å². The van der Waals surface area contributed by atoms with E-state index in [4.69, 9.17) is 15.2 Å². The predicted molar refractivity (Wildman–Crippen MR) is 136 cm³/mol. The van der Waals surface area contributed by atoms with Crippen molar-refractivity contribution in [3.05, 3.63) is 71.3 Å². The second kappa shape index (κ2) is 14.9. The fourth-order valence-corrected chi connectivity index (χ4v) is 3.34. The van der Waals surface area contributed by atoms with Gasteiger partial charge in [0.2, 0.25) is 17.8 Å². The molecule has 0 radical (unpaired) electrons. The van der Waals surface area contributed by atoms with Crippen molar-refractivity contribution in [3.63, 3.8) is 0 Å². The molecule has 3 rings (SSSR count). The molecule has 12 heteroatoms. The Morgan fingerprint density at radius 3 is 1.97 bits per heavy atom. The Hall–Kier alpha value is -3.48. The number of alkyl halides is 3. The third-order valence-corrected chi connectivity index (χ3v) is 5.10. The molecule has 200 valence electrons. The van der Waals surface area contributed by atoms with Crippen LogP contribution >= 0.6 is 0 Å². The summed E-state index contributed by atoms with van der Waals surface area (Å²) in [5.74, 6) is 0.718. The molecular formula is C25H32F3N7O2. The van der Waals surface area contributed by atoms with Gasteiger partial charge in [-0.1, -0.05) is 48.5 Å². The van der Waals surface area contributed by atoms with Gasteiger partial charge in [0, 0.05) is 26.2 Å². The summed E-state index contributed by atoms with van der Waals surface area (Å²) in [6, 6.07) is 15.3. The van der Waals surface area contributed by atoms with Crippen molar-refractivity contribution in [1.82, 2.24) is 15.0 Å². The molecule has 0 spiro atoms. The fourth-order valence-electron chi connectivity index (χ4n) is 3.34. The zero-order valence-corrected chi connectivity index (χ0v) is 20.4. The fraction of sp³-hybridized carbons (Fsp3) is 0.400. The van der Waals surface area contributed by atoms with Crippen molar-refractivity contribution >= 4 is 17.8 Å². The normalized spacial score (nSPS) is 11.4. The van der Waals surface area contributed by atoms with E-state index in [0.717, 1.165) is 18.1 Å². The SMILES string of the molecule is NCCOCCOCCNc1nc(NCCc2ccccc2)nc(NCc2ccccc2C(F)(F)F)n1. The lowest BCUT2D eigenvalue weighted by atomic mass is 10.1. The predicted octanol–water partition coefficient (Wildman–Crippen LogP) is 3.56. The maximum absolute atomic E-state index is 13.4. The smallest absolute Gasteiger partial charge is 0.378 e. The Labute approximate surface area is 214 Å². The Kier molecular flexibility index (Phi) is 11.3. The first kappa shape index (κ1) is 28.1. The number of nitrogens with two attached hydrogens (primary N) is 1. The zero-order chi connectivity index (χ0) is 26.3. The molecule has 5 N–H and O–H groups in total. The lowest BCUT2D eigenvalue weighted by Gasteiger charge is -2.14. The molecule has 9 nitrogen and oxygen atoms in total. The van der Waals surface area contributed by atoms with Gasteiger partial charge in [-0.05, 0) is 23.6 Å². The maximum Gasteiger partial charge on any atom is 0.416 e. The number of nitrogens with one attached hydrogen (secondary N) is 3. The van der Waals surface area contributed by atoms with Gasteiger partial charge in [0.1, 0.15) is 0 Å². The van der Waals surface area contributed by atoms with Crippen LogP contribution in [0.15, 0.2) is 54.6 Å². The molecule has 0 atom stereocenters. The quantitative estimate of drug-likeness (QED) is 0.211. The number of hydrogen-bond acceptors (Lipinski definition) is 9. The van der Waals surface area contributed by atoms with Gasteiger partial charge in [0.05, 0.1) is 32.0 Å². The number of halogens is 3. The summed E-state index contributed by atoms with van der Waals surface area (Å²) < 4.78 is 50.8. The Bertz CT molecular complexity index is 1070. The van der Waals surface area contributed by atoms with Crippen molar-refractivity contribution in [3.8, 4) is 0 Å². The van der Waals surface area contributed by atoms with E-state index in [9.17, 15) is 13.2 Å². The highest BCUT2D eigenvalue weighted by atomic mass is 19.4. The zero-order valence-electron chi connectivity index (χ0n) is 20.4. The van der Waals surface area contributed by atoms with E-state index in [-0.39, 0.29) is 24.0 Å². The van der Waals surface area contributed by atoms with E-state index in [1.807, 2.05) is 30.3 Å². The molecule has 0 aliphatic rings. The van der Waals surface area contributed by atoms with Gasteiger partial charge in [-0.25, -0.2) is 0 Å². The molecule has 1 heterocycles. The van der Waals surface area contributed by atoms with Gasteiger partial charge in [-0.2, -0.15) is 28.1 Å². The lowest BCUT2D eigenvalue weighted by Crippen LogP contribution is -2.18. The van der Waals surface area contributed by atoms with Crippen LogP contribution < -0.4 is 21.7 Å². The summed E-state index contributed by atoms with van der Waals surface area (Å²) in [7, 11) is 0. The van der Waals surface area contributed by atoms with Crippen LogP contribution in [0.4, 0.5) is 31.0 Å². The minimum Gasteiger partial charge on any atom is -0.378 e. The van der Waals surface area contributed by atoms with Crippen molar-refractivity contribution < 1.29 is 22.6 Å². The maximum atomic E-state index is 13.4. The number of nitrogens with zero attached hydrogens (tertiary/aromatic N) is 3. The first-order chi connectivity index (χ1) is 18.0. The van der Waals surface area contributed by atoms with E-state index in [0.29, 0.717) is 52.0 Å². The summed E-state index contributed by atoms with van der Waals surface area (Å²) >= 11 is 0. The highest BCUT2D eigenvalue weighted by Gasteiger charge is 2.32. The molecule has 0 aliphatic carbocycles. The van der Waals surface area contributed by atoms with Crippen LogP contribution in [0.2, 0.25) is 0 Å². The molecule has 0 unspecified atom stereocenters. The average molecular weight is 520 g/mol. The van der Waals surface area contributed by atoms with Crippen LogP contribution in [0.5, 0.6) is 0 Å². The standard InChI is InChI=1S/C25H32F3N7O2/c26-25(27,28)21-9-5-4-8-20(21)18-32-24-34-22(30-12-10-19-6-2-1-3-7-19)33-23(35-24)31-13-15-37-17-16-36-14-11-29/h1-9H,10-18,29H2,(H3,30,31,32,33,34,35). The van der Waals surface area contributed by atoms with E-state index in [1.54, 1.807) is 6.07 Å². The summed E-state index contributed by atoms with van der Waals surface area (Å²) in [6.45, 7) is 3.08.